The predicted molar refractivity (Wildman–Crippen MR) is 170 cm³/mol. The maximum Gasteiger partial charge on any atom is 0.120 e. The molecule has 1 aliphatic rings. The van der Waals surface area contributed by atoms with Crippen LogP contribution >= 0.6 is 0 Å². The predicted octanol–water partition coefficient (Wildman–Crippen LogP) is 9.49. The molecule has 0 aliphatic heterocycles. The SMILES string of the molecule is C=CCOc1ccc2cc(C3(c4ccc5cc(OCC=C)ccc5c4)c4ccccc4-c4ccccc43)ccc2c1. The molecule has 7 rings (SSSR count). The highest BCUT2D eigenvalue weighted by Gasteiger charge is 2.46. The van der Waals surface area contributed by atoms with Crippen LogP contribution in [0.5, 0.6) is 11.5 Å². The van der Waals surface area contributed by atoms with Gasteiger partial charge in [-0.3, -0.25) is 0 Å². The Labute approximate surface area is 240 Å². The van der Waals surface area contributed by atoms with Crippen molar-refractivity contribution in [3.8, 4) is 22.6 Å². The second kappa shape index (κ2) is 10.1. The molecule has 0 bridgehead atoms. The fraction of sp³-hybridized carbons (Fsp3) is 0.0769. The molecule has 0 radical (unpaired) electrons. The Balaban J connectivity index is 1.47. The highest BCUT2D eigenvalue weighted by molar-refractivity contribution is 5.92. The van der Waals surface area contributed by atoms with Gasteiger partial charge in [0.1, 0.15) is 24.7 Å². The number of fused-ring (bicyclic) bond motifs is 5. The van der Waals surface area contributed by atoms with E-state index in [1.54, 1.807) is 12.2 Å². The molecule has 0 fully saturated rings. The van der Waals surface area contributed by atoms with Crippen LogP contribution in [0.15, 0.2) is 147 Å². The van der Waals surface area contributed by atoms with Crippen LogP contribution in [-0.4, -0.2) is 13.2 Å². The van der Waals surface area contributed by atoms with Gasteiger partial charge < -0.3 is 9.47 Å². The third-order valence-electron chi connectivity index (χ3n) is 8.18. The average Bonchev–Trinajstić information content (AvgIpc) is 3.33. The van der Waals surface area contributed by atoms with E-state index in [0.29, 0.717) is 13.2 Å². The van der Waals surface area contributed by atoms with Gasteiger partial charge in [-0.15, -0.1) is 0 Å². The van der Waals surface area contributed by atoms with Crippen molar-refractivity contribution < 1.29 is 9.47 Å². The van der Waals surface area contributed by atoms with Gasteiger partial charge in [-0.2, -0.15) is 0 Å². The van der Waals surface area contributed by atoms with E-state index in [1.807, 2.05) is 12.1 Å². The lowest BCUT2D eigenvalue weighted by Gasteiger charge is -2.34. The molecule has 0 atom stereocenters. The van der Waals surface area contributed by atoms with Gasteiger partial charge in [0.25, 0.3) is 0 Å². The van der Waals surface area contributed by atoms with Gasteiger partial charge in [-0.25, -0.2) is 0 Å². The highest BCUT2D eigenvalue weighted by atomic mass is 16.5. The summed E-state index contributed by atoms with van der Waals surface area (Å²) in [5.41, 5.74) is 7.19. The highest BCUT2D eigenvalue weighted by Crippen LogP contribution is 2.56. The summed E-state index contributed by atoms with van der Waals surface area (Å²) in [7, 11) is 0. The van der Waals surface area contributed by atoms with Crippen molar-refractivity contribution in [1.82, 2.24) is 0 Å². The minimum atomic E-state index is -0.467. The summed E-state index contributed by atoms with van der Waals surface area (Å²) in [6.45, 7) is 8.51. The van der Waals surface area contributed by atoms with Crippen molar-refractivity contribution in [2.45, 2.75) is 5.41 Å². The van der Waals surface area contributed by atoms with E-state index in [0.717, 1.165) is 22.3 Å². The Hall–Kier alpha value is -5.08. The number of hydrogen-bond acceptors (Lipinski definition) is 2. The van der Waals surface area contributed by atoms with Gasteiger partial charge in [0.2, 0.25) is 0 Å². The standard InChI is InChI=1S/C39H30O2/c1-3-21-40-33-19-15-27-23-31(17-13-29(27)25-33)39(37-11-7-5-9-35(37)36-10-6-8-12-38(36)39)32-18-14-30-26-34(41-22-4-2)20-16-28(30)24-32/h3-20,23-26H,1-2,21-22H2. The fourth-order valence-electron chi connectivity index (χ4n) is 6.43. The van der Waals surface area contributed by atoms with Crippen LogP contribution in [0.4, 0.5) is 0 Å². The summed E-state index contributed by atoms with van der Waals surface area (Å²) in [4.78, 5) is 0. The molecule has 0 unspecified atom stereocenters. The van der Waals surface area contributed by atoms with E-state index < -0.39 is 5.41 Å². The molecular formula is C39H30O2. The van der Waals surface area contributed by atoms with Gasteiger partial charge in [0, 0.05) is 0 Å². The van der Waals surface area contributed by atoms with Crippen LogP contribution in [0.3, 0.4) is 0 Å². The minimum Gasteiger partial charge on any atom is -0.490 e. The van der Waals surface area contributed by atoms with Gasteiger partial charge in [0.05, 0.1) is 5.41 Å². The van der Waals surface area contributed by atoms with Crippen molar-refractivity contribution in [2.24, 2.45) is 0 Å². The average molecular weight is 531 g/mol. The largest absolute Gasteiger partial charge is 0.490 e. The zero-order chi connectivity index (χ0) is 27.8. The van der Waals surface area contributed by atoms with Gasteiger partial charge in [-0.05, 0) is 91.3 Å². The zero-order valence-corrected chi connectivity index (χ0v) is 22.8. The molecule has 6 aromatic carbocycles. The smallest absolute Gasteiger partial charge is 0.120 e. The van der Waals surface area contributed by atoms with E-state index in [-0.39, 0.29) is 0 Å². The fourth-order valence-corrected chi connectivity index (χ4v) is 6.43. The third kappa shape index (κ3) is 4.03. The molecule has 1 aliphatic carbocycles. The lowest BCUT2D eigenvalue weighted by molar-refractivity contribution is 0.363. The molecule has 0 aromatic heterocycles. The first kappa shape index (κ1) is 24.9. The van der Waals surface area contributed by atoms with E-state index >= 15 is 0 Å². The summed E-state index contributed by atoms with van der Waals surface area (Å²) in [5.74, 6) is 1.70. The van der Waals surface area contributed by atoms with Gasteiger partial charge >= 0.3 is 0 Å². The maximum atomic E-state index is 5.81. The summed E-state index contributed by atoms with van der Waals surface area (Å²) in [5, 5.41) is 4.66. The number of ether oxygens (including phenoxy) is 2. The molecular weight excluding hydrogens is 500 g/mol. The van der Waals surface area contributed by atoms with Crippen LogP contribution in [0.25, 0.3) is 32.7 Å². The van der Waals surface area contributed by atoms with Crippen LogP contribution in [0.2, 0.25) is 0 Å². The Morgan fingerprint density at radius 3 is 1.37 bits per heavy atom. The molecule has 0 N–H and O–H groups in total. The Kier molecular flexibility index (Phi) is 6.17. The Bertz CT molecular complexity index is 1800. The number of rotatable bonds is 8. The summed E-state index contributed by atoms with van der Waals surface area (Å²) < 4.78 is 11.6. The topological polar surface area (TPSA) is 18.5 Å². The zero-order valence-electron chi connectivity index (χ0n) is 22.8. The van der Waals surface area contributed by atoms with Crippen LogP contribution in [0, 0.1) is 0 Å². The molecule has 0 amide bonds. The molecule has 0 saturated carbocycles. The monoisotopic (exact) mass is 530 g/mol. The normalized spacial score (nSPS) is 13.0. The van der Waals surface area contributed by atoms with Gasteiger partial charge in [-0.1, -0.05) is 110 Å². The van der Waals surface area contributed by atoms with Crippen LogP contribution in [-0.2, 0) is 5.41 Å². The lowest BCUT2D eigenvalue weighted by atomic mass is 9.67. The van der Waals surface area contributed by atoms with E-state index in [1.165, 1.54) is 44.2 Å². The van der Waals surface area contributed by atoms with E-state index in [4.69, 9.17) is 9.47 Å². The third-order valence-corrected chi connectivity index (χ3v) is 8.18. The first-order valence-electron chi connectivity index (χ1n) is 14.0. The van der Waals surface area contributed by atoms with E-state index in [2.05, 4.69) is 122 Å². The first-order chi connectivity index (χ1) is 20.2. The quantitative estimate of drug-likeness (QED) is 0.182. The number of benzene rings is 6. The van der Waals surface area contributed by atoms with Crippen molar-refractivity contribution >= 4 is 21.5 Å². The van der Waals surface area contributed by atoms with Crippen molar-refractivity contribution in [2.75, 3.05) is 13.2 Å². The summed E-state index contributed by atoms with van der Waals surface area (Å²) >= 11 is 0. The van der Waals surface area contributed by atoms with E-state index in [9.17, 15) is 0 Å². The molecule has 2 heteroatoms. The molecule has 0 spiro atoms. The summed E-state index contributed by atoms with van der Waals surface area (Å²) in [6.07, 6.45) is 3.54. The number of hydrogen-bond donors (Lipinski definition) is 0. The lowest BCUT2D eigenvalue weighted by Crippen LogP contribution is -2.28. The molecule has 0 saturated heterocycles. The second-order valence-electron chi connectivity index (χ2n) is 10.5. The molecule has 41 heavy (non-hydrogen) atoms. The Morgan fingerprint density at radius 2 is 0.902 bits per heavy atom. The molecule has 0 heterocycles. The van der Waals surface area contributed by atoms with Gasteiger partial charge in [0.15, 0.2) is 0 Å². The first-order valence-corrected chi connectivity index (χ1v) is 14.0. The second-order valence-corrected chi connectivity index (χ2v) is 10.5. The van der Waals surface area contributed by atoms with Crippen LogP contribution < -0.4 is 9.47 Å². The van der Waals surface area contributed by atoms with Crippen molar-refractivity contribution in [1.29, 1.82) is 0 Å². The minimum absolute atomic E-state index is 0.467. The maximum absolute atomic E-state index is 5.81. The molecule has 2 nitrogen and oxygen atoms in total. The summed E-state index contributed by atoms with van der Waals surface area (Å²) in [6, 6.07) is 44.0. The van der Waals surface area contributed by atoms with Crippen molar-refractivity contribution in [3.05, 3.63) is 169 Å². The molecule has 6 aromatic rings. The van der Waals surface area contributed by atoms with Crippen molar-refractivity contribution in [3.63, 3.8) is 0 Å². The molecule has 198 valence electrons. The van der Waals surface area contributed by atoms with Crippen LogP contribution in [0.1, 0.15) is 22.3 Å². The Morgan fingerprint density at radius 1 is 0.488 bits per heavy atom.